The lowest BCUT2D eigenvalue weighted by Crippen LogP contribution is -2.34. The summed E-state index contributed by atoms with van der Waals surface area (Å²) in [6.07, 6.45) is -2.52. The van der Waals surface area contributed by atoms with Crippen LogP contribution in [0.25, 0.3) is 17.1 Å². The fraction of sp³-hybridized carbons (Fsp3) is 0.353. The number of amides is 2. The summed E-state index contributed by atoms with van der Waals surface area (Å²) in [5.41, 5.74) is 4.62. The number of aromatic nitrogens is 3. The first-order chi connectivity index (χ1) is 22.4. The van der Waals surface area contributed by atoms with Crippen molar-refractivity contribution in [1.82, 2.24) is 20.1 Å². The van der Waals surface area contributed by atoms with Crippen molar-refractivity contribution in [2.75, 3.05) is 24.3 Å². The van der Waals surface area contributed by atoms with Crippen molar-refractivity contribution in [3.05, 3.63) is 84.2 Å². The summed E-state index contributed by atoms with van der Waals surface area (Å²) in [4.78, 5) is 23.8. The first-order valence-corrected chi connectivity index (χ1v) is 16.2. The van der Waals surface area contributed by atoms with Crippen molar-refractivity contribution in [1.29, 1.82) is 0 Å². The highest BCUT2D eigenvalue weighted by molar-refractivity contribution is 8.14. The third-order valence-electron chi connectivity index (χ3n) is 7.83. The van der Waals surface area contributed by atoms with Gasteiger partial charge in [-0.05, 0) is 78.8 Å². The molecule has 1 fully saturated rings. The second kappa shape index (κ2) is 14.5. The molecule has 4 aromatic rings. The van der Waals surface area contributed by atoms with Crippen molar-refractivity contribution < 1.29 is 27.4 Å². The SMILES string of the molecule is COc1ccc(N2/C(=N/C(=O)NCCC(C)c3ccc(-c4ncn(-c5ccc(OC(F)(F)F)cc5)n4)cc3)SCC2C)c(C(C)C)c1. The van der Waals surface area contributed by atoms with Crippen LogP contribution in [-0.4, -0.2) is 57.8 Å². The lowest BCUT2D eigenvalue weighted by Gasteiger charge is -2.27. The largest absolute Gasteiger partial charge is 0.573 e. The number of carbonyl (C=O) groups is 1. The van der Waals surface area contributed by atoms with E-state index in [0.717, 1.165) is 40.3 Å². The van der Waals surface area contributed by atoms with Crippen LogP contribution in [0.3, 0.4) is 0 Å². The Morgan fingerprint density at radius 3 is 2.43 bits per heavy atom. The summed E-state index contributed by atoms with van der Waals surface area (Å²) in [5, 5.41) is 8.10. The summed E-state index contributed by atoms with van der Waals surface area (Å²) in [7, 11) is 1.66. The van der Waals surface area contributed by atoms with Crippen LogP contribution in [0.1, 0.15) is 57.1 Å². The molecule has 9 nitrogen and oxygen atoms in total. The molecule has 2 unspecified atom stereocenters. The Morgan fingerprint density at radius 2 is 1.77 bits per heavy atom. The highest BCUT2D eigenvalue weighted by Gasteiger charge is 2.32. The Hall–Kier alpha value is -4.52. The van der Waals surface area contributed by atoms with Gasteiger partial charge >= 0.3 is 12.4 Å². The zero-order valence-corrected chi connectivity index (χ0v) is 27.6. The molecule has 47 heavy (non-hydrogen) atoms. The first kappa shape index (κ1) is 33.8. The molecule has 0 spiro atoms. The Kier molecular flexibility index (Phi) is 10.4. The number of methoxy groups -OCH3 is 1. The van der Waals surface area contributed by atoms with Gasteiger partial charge in [-0.1, -0.05) is 56.8 Å². The molecule has 13 heteroatoms. The van der Waals surface area contributed by atoms with Crippen molar-refractivity contribution >= 4 is 28.6 Å². The van der Waals surface area contributed by atoms with Gasteiger partial charge in [-0.25, -0.2) is 14.5 Å². The molecule has 0 bridgehead atoms. The number of nitrogens with one attached hydrogen (secondary N) is 1. The van der Waals surface area contributed by atoms with Crippen LogP contribution < -0.4 is 19.7 Å². The lowest BCUT2D eigenvalue weighted by molar-refractivity contribution is -0.274. The number of nitrogens with zero attached hydrogens (tertiary/aromatic N) is 5. The molecule has 3 aromatic carbocycles. The Morgan fingerprint density at radius 1 is 1.06 bits per heavy atom. The number of hydrogen-bond donors (Lipinski definition) is 1. The second-order valence-electron chi connectivity index (χ2n) is 11.6. The van der Waals surface area contributed by atoms with Gasteiger partial charge in [0.05, 0.1) is 12.8 Å². The predicted octanol–water partition coefficient (Wildman–Crippen LogP) is 8.17. The molecule has 5 rings (SSSR count). The highest BCUT2D eigenvalue weighted by Crippen LogP contribution is 2.37. The van der Waals surface area contributed by atoms with Gasteiger partial charge in [-0.15, -0.1) is 18.3 Å². The zero-order valence-electron chi connectivity index (χ0n) is 26.8. The van der Waals surface area contributed by atoms with Crippen molar-refractivity contribution in [2.24, 2.45) is 4.99 Å². The number of anilines is 1. The maximum atomic E-state index is 12.9. The predicted molar refractivity (Wildman–Crippen MR) is 179 cm³/mol. The summed E-state index contributed by atoms with van der Waals surface area (Å²) in [6, 6.07) is 19.1. The van der Waals surface area contributed by atoms with Crippen LogP contribution in [0, 0.1) is 0 Å². The van der Waals surface area contributed by atoms with E-state index in [1.807, 2.05) is 42.5 Å². The number of amidine groups is 1. The smallest absolute Gasteiger partial charge is 0.497 e. The molecule has 1 N–H and O–H groups in total. The maximum absolute atomic E-state index is 12.9. The monoisotopic (exact) mass is 666 g/mol. The molecule has 2 heterocycles. The van der Waals surface area contributed by atoms with Crippen LogP contribution in [-0.2, 0) is 0 Å². The number of hydrogen-bond acceptors (Lipinski definition) is 6. The van der Waals surface area contributed by atoms with Gasteiger partial charge in [-0.2, -0.15) is 4.99 Å². The van der Waals surface area contributed by atoms with Crippen LogP contribution in [0.4, 0.5) is 23.7 Å². The van der Waals surface area contributed by atoms with Crippen molar-refractivity contribution in [2.45, 2.75) is 58.4 Å². The first-order valence-electron chi connectivity index (χ1n) is 15.3. The molecule has 1 saturated heterocycles. The van der Waals surface area contributed by atoms with Crippen molar-refractivity contribution in [3.8, 4) is 28.6 Å². The molecule has 1 aromatic heterocycles. The molecular weight excluding hydrogens is 629 g/mol. The van der Waals surface area contributed by atoms with E-state index in [-0.39, 0.29) is 29.7 Å². The number of thioether (sulfide) groups is 1. The molecule has 1 aliphatic heterocycles. The topological polar surface area (TPSA) is 93.9 Å². The molecule has 2 atom stereocenters. The summed E-state index contributed by atoms with van der Waals surface area (Å²) >= 11 is 1.58. The molecule has 0 radical (unpaired) electrons. The number of halogens is 3. The molecule has 2 amide bonds. The minimum absolute atomic E-state index is 0.172. The van der Waals surface area contributed by atoms with E-state index in [1.165, 1.54) is 35.3 Å². The van der Waals surface area contributed by atoms with Gasteiger partial charge in [0.15, 0.2) is 11.0 Å². The Bertz CT molecular complexity index is 1710. The number of urea groups is 1. The summed E-state index contributed by atoms with van der Waals surface area (Å²) in [6.45, 7) is 8.98. The fourth-order valence-corrected chi connectivity index (χ4v) is 6.37. The van der Waals surface area contributed by atoms with Crippen LogP contribution in [0.5, 0.6) is 11.5 Å². The lowest BCUT2D eigenvalue weighted by atomic mass is 9.96. The van der Waals surface area contributed by atoms with Gasteiger partial charge in [0.25, 0.3) is 0 Å². The normalized spacial score (nSPS) is 16.5. The summed E-state index contributed by atoms with van der Waals surface area (Å²) < 4.78 is 48.2. The number of benzene rings is 3. The Balaban J connectivity index is 1.16. The van der Waals surface area contributed by atoms with Gasteiger partial charge < -0.3 is 19.7 Å². The van der Waals surface area contributed by atoms with Crippen LogP contribution in [0.2, 0.25) is 0 Å². The van der Waals surface area contributed by atoms with E-state index in [4.69, 9.17) is 4.74 Å². The maximum Gasteiger partial charge on any atom is 0.573 e. The second-order valence-corrected chi connectivity index (χ2v) is 12.6. The van der Waals surface area contributed by atoms with Crippen LogP contribution >= 0.6 is 11.8 Å². The van der Waals surface area contributed by atoms with Crippen molar-refractivity contribution in [3.63, 3.8) is 0 Å². The van der Waals surface area contributed by atoms with E-state index in [9.17, 15) is 18.0 Å². The average molecular weight is 667 g/mol. The van der Waals surface area contributed by atoms with E-state index in [1.54, 1.807) is 18.9 Å². The molecular formula is C34H37F3N6O3S. The molecule has 0 aliphatic carbocycles. The fourth-order valence-electron chi connectivity index (χ4n) is 5.27. The van der Waals surface area contributed by atoms with Gasteiger partial charge in [0.1, 0.15) is 17.8 Å². The number of rotatable bonds is 10. The van der Waals surface area contributed by atoms with E-state index in [0.29, 0.717) is 23.2 Å². The number of aliphatic imine (C=N–C) groups is 1. The van der Waals surface area contributed by atoms with Gasteiger partial charge in [0.2, 0.25) is 0 Å². The molecule has 0 saturated carbocycles. The van der Waals surface area contributed by atoms with E-state index in [2.05, 4.69) is 57.7 Å². The number of carbonyl (C=O) groups excluding carboxylic acids is 1. The third-order valence-corrected chi connectivity index (χ3v) is 9.03. The zero-order chi connectivity index (χ0) is 33.7. The highest BCUT2D eigenvalue weighted by atomic mass is 32.2. The number of alkyl halides is 3. The number of ether oxygens (including phenoxy) is 2. The van der Waals surface area contributed by atoms with Gasteiger partial charge in [0, 0.05) is 29.6 Å². The average Bonchev–Trinajstić information content (AvgIpc) is 3.67. The minimum Gasteiger partial charge on any atom is -0.497 e. The molecule has 1 aliphatic rings. The minimum atomic E-state index is -4.75. The summed E-state index contributed by atoms with van der Waals surface area (Å²) in [5.74, 6) is 2.26. The van der Waals surface area contributed by atoms with Crippen LogP contribution in [0.15, 0.2) is 78.0 Å². The standard InChI is InChI=1S/C34H37F3N6O3S/c1-21(2)29-18-28(45-5)14-15-30(29)43-23(4)19-47-33(43)40-32(44)38-17-16-22(3)24-6-8-25(9-7-24)31-39-20-42(41-31)26-10-12-27(13-11-26)46-34(35,36)37/h6-15,18,20-23H,16-17,19H2,1-5H3,(H,38,44)/b40-33-. The third kappa shape index (κ3) is 8.45. The quantitative estimate of drug-likeness (QED) is 0.183. The van der Waals surface area contributed by atoms with E-state index < -0.39 is 6.36 Å². The Labute approximate surface area is 276 Å². The van der Waals surface area contributed by atoms with E-state index >= 15 is 0 Å². The van der Waals surface area contributed by atoms with Gasteiger partial charge in [-0.3, -0.25) is 0 Å². The molecule has 248 valence electrons.